The Kier molecular flexibility index (Phi) is 4.41. The van der Waals surface area contributed by atoms with Gasteiger partial charge < -0.3 is 14.4 Å². The monoisotopic (exact) mass is 389 g/mol. The molecular formula is C23H23N3OS. The Morgan fingerprint density at radius 1 is 0.929 bits per heavy atom. The Balaban J connectivity index is 1.57. The van der Waals surface area contributed by atoms with Crippen LogP contribution in [0.25, 0.3) is 21.1 Å². The van der Waals surface area contributed by atoms with E-state index in [1.807, 2.05) is 11.0 Å². The van der Waals surface area contributed by atoms with Crippen LogP contribution >= 0.6 is 11.3 Å². The highest BCUT2D eigenvalue weighted by atomic mass is 32.1. The van der Waals surface area contributed by atoms with Crippen LogP contribution in [0.15, 0.2) is 60.7 Å². The van der Waals surface area contributed by atoms with Gasteiger partial charge in [-0.15, -0.1) is 11.3 Å². The second kappa shape index (κ2) is 7.08. The Bertz CT molecular complexity index is 1140. The van der Waals surface area contributed by atoms with Crippen molar-refractivity contribution in [1.82, 2.24) is 14.4 Å². The van der Waals surface area contributed by atoms with E-state index >= 15 is 0 Å². The molecule has 1 aliphatic rings. The van der Waals surface area contributed by atoms with Crippen LogP contribution < -0.4 is 0 Å². The molecule has 0 unspecified atom stereocenters. The number of likely N-dealkylation sites (N-methyl/N-ethyl adjacent to an activating group) is 1. The van der Waals surface area contributed by atoms with E-state index < -0.39 is 0 Å². The number of carbonyl (C=O) groups is 1. The van der Waals surface area contributed by atoms with Gasteiger partial charge >= 0.3 is 0 Å². The first kappa shape index (κ1) is 17.5. The predicted octanol–water partition coefficient (Wildman–Crippen LogP) is 4.29. The highest BCUT2D eigenvalue weighted by Crippen LogP contribution is 2.36. The minimum atomic E-state index is 0.171. The number of hydrogen-bond donors (Lipinski definition) is 0. The summed E-state index contributed by atoms with van der Waals surface area (Å²) in [6.45, 7) is 4.32. The summed E-state index contributed by atoms with van der Waals surface area (Å²) in [6, 6.07) is 21.1. The molecule has 0 atom stereocenters. The summed E-state index contributed by atoms with van der Waals surface area (Å²) in [5.41, 5.74) is 2.50. The molecule has 4 aromatic rings. The number of piperazine rings is 1. The third kappa shape index (κ3) is 3.01. The van der Waals surface area contributed by atoms with Crippen molar-refractivity contribution in [3.05, 3.63) is 71.1 Å². The number of nitrogens with zero attached hydrogens (tertiary/aromatic N) is 3. The average molecular weight is 390 g/mol. The number of amides is 1. The van der Waals surface area contributed by atoms with E-state index in [1.54, 1.807) is 11.3 Å². The van der Waals surface area contributed by atoms with Crippen molar-refractivity contribution in [3.63, 3.8) is 0 Å². The first-order chi connectivity index (χ1) is 13.7. The molecule has 3 heterocycles. The van der Waals surface area contributed by atoms with E-state index in [1.165, 1.54) is 26.7 Å². The lowest BCUT2D eigenvalue weighted by molar-refractivity contribution is 0.0669. The maximum atomic E-state index is 13.1. The van der Waals surface area contributed by atoms with E-state index in [0.29, 0.717) is 0 Å². The van der Waals surface area contributed by atoms with E-state index in [0.717, 1.165) is 37.6 Å². The van der Waals surface area contributed by atoms with Gasteiger partial charge in [-0.2, -0.15) is 0 Å². The quantitative estimate of drug-likeness (QED) is 0.523. The van der Waals surface area contributed by atoms with E-state index in [9.17, 15) is 4.79 Å². The molecule has 142 valence electrons. The molecule has 28 heavy (non-hydrogen) atoms. The van der Waals surface area contributed by atoms with Crippen LogP contribution in [0.4, 0.5) is 0 Å². The van der Waals surface area contributed by atoms with Crippen molar-refractivity contribution in [2.75, 3.05) is 33.2 Å². The van der Waals surface area contributed by atoms with Gasteiger partial charge in [-0.25, -0.2) is 0 Å². The lowest BCUT2D eigenvalue weighted by Gasteiger charge is -2.32. The minimum Gasteiger partial charge on any atom is -0.335 e. The summed E-state index contributed by atoms with van der Waals surface area (Å²) in [7, 11) is 2.11. The zero-order valence-corrected chi connectivity index (χ0v) is 16.8. The van der Waals surface area contributed by atoms with Crippen molar-refractivity contribution in [1.29, 1.82) is 0 Å². The molecule has 1 saturated heterocycles. The fourth-order valence-electron chi connectivity index (χ4n) is 4.01. The van der Waals surface area contributed by atoms with E-state index in [4.69, 9.17) is 0 Å². The predicted molar refractivity (Wildman–Crippen MR) is 116 cm³/mol. The fourth-order valence-corrected chi connectivity index (χ4v) is 5.17. The second-order valence-corrected chi connectivity index (χ2v) is 8.54. The third-order valence-corrected chi connectivity index (χ3v) is 6.77. The molecule has 0 bridgehead atoms. The molecule has 1 aliphatic heterocycles. The molecule has 2 aromatic carbocycles. The fraction of sp³-hybridized carbons (Fsp3) is 0.261. The SMILES string of the molecule is CN1CCN(C(=O)c2cc3c4ccccc4n(Cc4ccccc4)c3s2)CC1. The molecule has 2 aromatic heterocycles. The lowest BCUT2D eigenvalue weighted by atomic mass is 10.2. The van der Waals surface area contributed by atoms with Gasteiger partial charge in [0.1, 0.15) is 4.83 Å². The second-order valence-electron chi connectivity index (χ2n) is 7.51. The number of rotatable bonds is 3. The van der Waals surface area contributed by atoms with Crippen molar-refractivity contribution in [2.24, 2.45) is 0 Å². The first-order valence-corrected chi connectivity index (χ1v) is 10.5. The molecule has 0 radical (unpaired) electrons. The van der Waals surface area contributed by atoms with Crippen LogP contribution in [0.5, 0.6) is 0 Å². The number of thiophene rings is 1. The molecular weight excluding hydrogens is 366 g/mol. The summed E-state index contributed by atoms with van der Waals surface area (Å²) >= 11 is 1.63. The lowest BCUT2D eigenvalue weighted by Crippen LogP contribution is -2.46. The molecule has 0 N–H and O–H groups in total. The largest absolute Gasteiger partial charge is 0.335 e. The molecule has 0 saturated carbocycles. The molecule has 0 spiro atoms. The van der Waals surface area contributed by atoms with Crippen LogP contribution in [0.3, 0.4) is 0 Å². The summed E-state index contributed by atoms with van der Waals surface area (Å²) in [5.74, 6) is 0.171. The number of fused-ring (bicyclic) bond motifs is 3. The maximum absolute atomic E-state index is 13.1. The zero-order valence-electron chi connectivity index (χ0n) is 16.0. The number of carbonyl (C=O) groups excluding carboxylic acids is 1. The number of benzene rings is 2. The Morgan fingerprint density at radius 2 is 1.64 bits per heavy atom. The minimum absolute atomic E-state index is 0.171. The molecule has 1 amide bonds. The van der Waals surface area contributed by atoms with Gasteiger partial charge in [-0.1, -0.05) is 48.5 Å². The van der Waals surface area contributed by atoms with Gasteiger partial charge in [0.2, 0.25) is 0 Å². The topological polar surface area (TPSA) is 28.5 Å². The van der Waals surface area contributed by atoms with Crippen LogP contribution in [0.1, 0.15) is 15.2 Å². The highest BCUT2D eigenvalue weighted by Gasteiger charge is 2.24. The normalized spacial score (nSPS) is 15.5. The number of aromatic nitrogens is 1. The van der Waals surface area contributed by atoms with E-state index in [2.05, 4.69) is 71.1 Å². The number of para-hydroxylation sites is 1. The van der Waals surface area contributed by atoms with Crippen molar-refractivity contribution < 1.29 is 4.79 Å². The maximum Gasteiger partial charge on any atom is 0.264 e. The van der Waals surface area contributed by atoms with Gasteiger partial charge in [0.15, 0.2) is 0 Å². The van der Waals surface area contributed by atoms with Gasteiger partial charge in [0.25, 0.3) is 5.91 Å². The molecule has 1 fully saturated rings. The Hall–Kier alpha value is -2.63. The van der Waals surface area contributed by atoms with Gasteiger partial charge in [-0.05, 0) is 24.7 Å². The van der Waals surface area contributed by atoms with Gasteiger partial charge in [0, 0.05) is 43.5 Å². The molecule has 0 aliphatic carbocycles. The summed E-state index contributed by atoms with van der Waals surface area (Å²) < 4.78 is 2.35. The van der Waals surface area contributed by atoms with Crippen LogP contribution in [0, 0.1) is 0 Å². The molecule has 4 nitrogen and oxygen atoms in total. The average Bonchev–Trinajstić information content (AvgIpc) is 3.28. The van der Waals surface area contributed by atoms with E-state index in [-0.39, 0.29) is 5.91 Å². The van der Waals surface area contributed by atoms with Crippen LogP contribution in [-0.4, -0.2) is 53.5 Å². The van der Waals surface area contributed by atoms with Gasteiger partial charge in [0.05, 0.1) is 10.4 Å². The van der Waals surface area contributed by atoms with Crippen molar-refractivity contribution in [2.45, 2.75) is 6.54 Å². The third-order valence-electron chi connectivity index (χ3n) is 5.63. The first-order valence-electron chi connectivity index (χ1n) is 9.73. The van der Waals surface area contributed by atoms with Crippen LogP contribution in [0.2, 0.25) is 0 Å². The molecule has 5 heteroatoms. The highest BCUT2D eigenvalue weighted by molar-refractivity contribution is 7.20. The summed E-state index contributed by atoms with van der Waals surface area (Å²) in [4.78, 5) is 19.4. The standard InChI is InChI=1S/C23H23N3OS/c1-24-11-13-25(14-12-24)22(27)21-15-19-18-9-5-6-10-20(18)26(23(19)28-21)16-17-7-3-2-4-8-17/h2-10,15H,11-14,16H2,1H3. The Morgan fingerprint density at radius 3 is 2.43 bits per heavy atom. The smallest absolute Gasteiger partial charge is 0.264 e. The van der Waals surface area contributed by atoms with Crippen molar-refractivity contribution >= 4 is 38.4 Å². The summed E-state index contributed by atoms with van der Waals surface area (Å²) in [6.07, 6.45) is 0. The number of hydrogen-bond acceptors (Lipinski definition) is 3. The van der Waals surface area contributed by atoms with Crippen molar-refractivity contribution in [3.8, 4) is 0 Å². The molecule has 5 rings (SSSR count). The summed E-state index contributed by atoms with van der Waals surface area (Å²) in [5, 5.41) is 2.41. The van der Waals surface area contributed by atoms with Gasteiger partial charge in [-0.3, -0.25) is 4.79 Å². The Labute approximate surface area is 168 Å². The van der Waals surface area contributed by atoms with Crippen LogP contribution in [-0.2, 0) is 6.54 Å². The zero-order chi connectivity index (χ0) is 19.1.